The summed E-state index contributed by atoms with van der Waals surface area (Å²) in [5, 5.41) is 8.57. The maximum atomic E-state index is 8.57. The van der Waals surface area contributed by atoms with Crippen LogP contribution in [0.15, 0.2) is 12.4 Å². The van der Waals surface area contributed by atoms with Gasteiger partial charge in [-0.15, -0.1) is 0 Å². The fourth-order valence-electron chi connectivity index (χ4n) is 1.22. The minimum Gasteiger partial charge on any atom is -0.337 e. The quantitative estimate of drug-likeness (QED) is 0.719. The van der Waals surface area contributed by atoms with Crippen molar-refractivity contribution in [2.24, 2.45) is 7.05 Å². The second-order valence-electron chi connectivity index (χ2n) is 3.58. The average molecular weight is 192 g/mol. The SMILES string of the molecule is CC(CC#N)N(C)Cc1nccn1C. The van der Waals surface area contributed by atoms with Crippen LogP contribution in [-0.4, -0.2) is 27.5 Å². The zero-order valence-corrected chi connectivity index (χ0v) is 8.94. The molecule has 0 aliphatic carbocycles. The molecule has 0 saturated heterocycles. The van der Waals surface area contributed by atoms with Crippen molar-refractivity contribution in [3.05, 3.63) is 18.2 Å². The number of aromatic nitrogens is 2. The highest BCUT2D eigenvalue weighted by molar-refractivity contribution is 4.91. The molecule has 0 aliphatic heterocycles. The molecular weight excluding hydrogens is 176 g/mol. The molecule has 0 fully saturated rings. The number of hydrogen-bond acceptors (Lipinski definition) is 3. The van der Waals surface area contributed by atoms with Crippen LogP contribution in [-0.2, 0) is 13.6 Å². The topological polar surface area (TPSA) is 44.9 Å². The van der Waals surface area contributed by atoms with E-state index in [2.05, 4.69) is 16.0 Å². The van der Waals surface area contributed by atoms with Gasteiger partial charge in [0, 0.05) is 25.5 Å². The summed E-state index contributed by atoms with van der Waals surface area (Å²) in [6.07, 6.45) is 4.27. The van der Waals surface area contributed by atoms with E-state index in [1.807, 2.05) is 31.8 Å². The predicted molar refractivity (Wildman–Crippen MR) is 54.4 cm³/mol. The van der Waals surface area contributed by atoms with Crippen molar-refractivity contribution in [3.8, 4) is 6.07 Å². The summed E-state index contributed by atoms with van der Waals surface area (Å²) in [4.78, 5) is 6.37. The molecule has 4 nitrogen and oxygen atoms in total. The average Bonchev–Trinajstić information content (AvgIpc) is 2.52. The third-order valence-electron chi connectivity index (χ3n) is 2.45. The Morgan fingerprint density at radius 1 is 1.71 bits per heavy atom. The normalized spacial score (nSPS) is 12.8. The van der Waals surface area contributed by atoms with Gasteiger partial charge in [-0.2, -0.15) is 5.26 Å². The van der Waals surface area contributed by atoms with Gasteiger partial charge in [-0.05, 0) is 14.0 Å². The number of nitriles is 1. The summed E-state index contributed by atoms with van der Waals surface area (Å²) in [5.41, 5.74) is 0. The highest BCUT2D eigenvalue weighted by atomic mass is 15.2. The summed E-state index contributed by atoms with van der Waals surface area (Å²) in [6.45, 7) is 2.83. The Kier molecular flexibility index (Phi) is 3.66. The first-order valence-corrected chi connectivity index (χ1v) is 4.68. The summed E-state index contributed by atoms with van der Waals surface area (Å²) in [5.74, 6) is 1.03. The number of imidazole rings is 1. The molecule has 1 unspecified atom stereocenters. The van der Waals surface area contributed by atoms with E-state index in [4.69, 9.17) is 5.26 Å². The Morgan fingerprint density at radius 3 is 2.93 bits per heavy atom. The van der Waals surface area contributed by atoms with Gasteiger partial charge in [-0.3, -0.25) is 4.90 Å². The molecular formula is C10H16N4. The van der Waals surface area contributed by atoms with Crippen molar-refractivity contribution in [2.45, 2.75) is 25.9 Å². The molecule has 1 rings (SSSR count). The Balaban J connectivity index is 2.53. The minimum atomic E-state index is 0.275. The number of aryl methyl sites for hydroxylation is 1. The third-order valence-corrected chi connectivity index (χ3v) is 2.45. The molecule has 1 aromatic rings. The summed E-state index contributed by atoms with van der Waals surface area (Å²) in [6, 6.07) is 2.45. The van der Waals surface area contributed by atoms with E-state index >= 15 is 0 Å². The Hall–Kier alpha value is -1.34. The largest absolute Gasteiger partial charge is 0.337 e. The summed E-state index contributed by atoms with van der Waals surface area (Å²) < 4.78 is 2.00. The second-order valence-corrected chi connectivity index (χ2v) is 3.58. The van der Waals surface area contributed by atoms with E-state index in [-0.39, 0.29) is 6.04 Å². The molecule has 1 atom stereocenters. The zero-order valence-electron chi connectivity index (χ0n) is 8.94. The van der Waals surface area contributed by atoms with Gasteiger partial charge >= 0.3 is 0 Å². The Morgan fingerprint density at radius 2 is 2.43 bits per heavy atom. The summed E-state index contributed by atoms with van der Waals surface area (Å²) >= 11 is 0. The van der Waals surface area contributed by atoms with Crippen LogP contribution in [0.5, 0.6) is 0 Å². The molecule has 0 aromatic carbocycles. The monoisotopic (exact) mass is 192 g/mol. The lowest BCUT2D eigenvalue weighted by Gasteiger charge is -2.21. The maximum Gasteiger partial charge on any atom is 0.122 e. The highest BCUT2D eigenvalue weighted by Gasteiger charge is 2.10. The number of hydrogen-bond donors (Lipinski definition) is 0. The van der Waals surface area contributed by atoms with E-state index in [1.165, 1.54) is 0 Å². The Bertz CT molecular complexity index is 323. The van der Waals surface area contributed by atoms with Crippen molar-refractivity contribution in [1.29, 1.82) is 5.26 Å². The van der Waals surface area contributed by atoms with Crippen LogP contribution in [0.4, 0.5) is 0 Å². The second kappa shape index (κ2) is 4.77. The van der Waals surface area contributed by atoms with Crippen LogP contribution < -0.4 is 0 Å². The fourth-order valence-corrected chi connectivity index (χ4v) is 1.22. The van der Waals surface area contributed by atoms with Crippen molar-refractivity contribution < 1.29 is 0 Å². The molecule has 76 valence electrons. The van der Waals surface area contributed by atoms with E-state index in [1.54, 1.807) is 6.20 Å². The first-order chi connectivity index (χ1) is 6.65. The lowest BCUT2D eigenvalue weighted by molar-refractivity contribution is 0.244. The third kappa shape index (κ3) is 2.57. The van der Waals surface area contributed by atoms with Gasteiger partial charge in [0.1, 0.15) is 5.82 Å². The zero-order chi connectivity index (χ0) is 10.6. The van der Waals surface area contributed by atoms with E-state index in [0.29, 0.717) is 6.42 Å². The number of rotatable bonds is 4. The van der Waals surface area contributed by atoms with Crippen molar-refractivity contribution in [3.63, 3.8) is 0 Å². The first-order valence-electron chi connectivity index (χ1n) is 4.68. The van der Waals surface area contributed by atoms with Gasteiger partial charge in [0.05, 0.1) is 19.0 Å². The molecule has 4 heteroatoms. The van der Waals surface area contributed by atoms with Gasteiger partial charge in [-0.1, -0.05) is 0 Å². The van der Waals surface area contributed by atoms with Crippen molar-refractivity contribution >= 4 is 0 Å². The highest BCUT2D eigenvalue weighted by Crippen LogP contribution is 2.05. The molecule has 1 aromatic heterocycles. The van der Waals surface area contributed by atoms with Crippen LogP contribution in [0, 0.1) is 11.3 Å². The van der Waals surface area contributed by atoms with Gasteiger partial charge in [0.15, 0.2) is 0 Å². The van der Waals surface area contributed by atoms with E-state index in [0.717, 1.165) is 12.4 Å². The van der Waals surface area contributed by atoms with Crippen LogP contribution in [0.25, 0.3) is 0 Å². The van der Waals surface area contributed by atoms with Gasteiger partial charge in [-0.25, -0.2) is 4.98 Å². The molecule has 14 heavy (non-hydrogen) atoms. The van der Waals surface area contributed by atoms with Gasteiger partial charge < -0.3 is 4.57 Å². The first kappa shape index (κ1) is 10.7. The van der Waals surface area contributed by atoms with E-state index in [9.17, 15) is 0 Å². The molecule has 0 amide bonds. The van der Waals surface area contributed by atoms with Crippen molar-refractivity contribution in [2.75, 3.05) is 7.05 Å². The van der Waals surface area contributed by atoms with Crippen LogP contribution in [0.2, 0.25) is 0 Å². The minimum absolute atomic E-state index is 0.275. The molecule has 0 radical (unpaired) electrons. The van der Waals surface area contributed by atoms with Crippen LogP contribution in [0.1, 0.15) is 19.2 Å². The molecule has 1 heterocycles. The predicted octanol–water partition coefficient (Wildman–Crippen LogP) is 1.15. The molecule has 0 N–H and O–H groups in total. The maximum absolute atomic E-state index is 8.57. The Labute approximate surface area is 84.8 Å². The fraction of sp³-hybridized carbons (Fsp3) is 0.600. The lowest BCUT2D eigenvalue weighted by atomic mass is 10.2. The van der Waals surface area contributed by atoms with E-state index < -0.39 is 0 Å². The van der Waals surface area contributed by atoms with Crippen molar-refractivity contribution in [1.82, 2.24) is 14.5 Å². The van der Waals surface area contributed by atoms with Crippen LogP contribution in [0.3, 0.4) is 0 Å². The number of nitrogens with zero attached hydrogens (tertiary/aromatic N) is 4. The lowest BCUT2D eigenvalue weighted by Crippen LogP contribution is -2.29. The van der Waals surface area contributed by atoms with Crippen LogP contribution >= 0.6 is 0 Å². The molecule has 0 bridgehead atoms. The molecule has 0 aliphatic rings. The smallest absolute Gasteiger partial charge is 0.122 e. The van der Waals surface area contributed by atoms with Gasteiger partial charge in [0.25, 0.3) is 0 Å². The standard InChI is InChI=1S/C10H16N4/c1-9(4-5-11)14(3)8-10-12-6-7-13(10)2/h6-7,9H,4,8H2,1-3H3. The molecule has 0 spiro atoms. The molecule has 0 saturated carbocycles. The van der Waals surface area contributed by atoms with Gasteiger partial charge in [0.2, 0.25) is 0 Å². The summed E-state index contributed by atoms with van der Waals surface area (Å²) in [7, 11) is 3.99.